The van der Waals surface area contributed by atoms with Crippen molar-refractivity contribution in [1.29, 1.82) is 0 Å². The SMILES string of the molecule is CCn1c(=O)n(CCC(=O)Nc2ccnn2Cc2cccc(C)c2)c2ccccc21. The molecule has 0 spiro atoms. The molecule has 154 valence electrons. The Morgan fingerprint density at radius 3 is 2.53 bits per heavy atom. The van der Waals surface area contributed by atoms with Crippen LogP contribution >= 0.6 is 0 Å². The largest absolute Gasteiger partial charge is 0.329 e. The Kier molecular flexibility index (Phi) is 5.52. The van der Waals surface area contributed by atoms with E-state index >= 15 is 0 Å². The second-order valence-corrected chi connectivity index (χ2v) is 7.33. The fraction of sp³-hybridized carbons (Fsp3) is 0.261. The molecule has 1 N–H and O–H groups in total. The van der Waals surface area contributed by atoms with E-state index in [2.05, 4.69) is 16.5 Å². The summed E-state index contributed by atoms with van der Waals surface area (Å²) in [5.74, 6) is 0.492. The zero-order valence-corrected chi connectivity index (χ0v) is 17.2. The lowest BCUT2D eigenvalue weighted by atomic mass is 10.1. The topological polar surface area (TPSA) is 73.8 Å². The number of aryl methyl sites for hydroxylation is 3. The molecule has 30 heavy (non-hydrogen) atoms. The number of benzene rings is 2. The summed E-state index contributed by atoms with van der Waals surface area (Å²) < 4.78 is 5.16. The van der Waals surface area contributed by atoms with Gasteiger partial charge in [-0.25, -0.2) is 9.48 Å². The quantitative estimate of drug-likeness (QED) is 0.514. The van der Waals surface area contributed by atoms with Crippen LogP contribution < -0.4 is 11.0 Å². The molecule has 0 aliphatic rings. The van der Waals surface area contributed by atoms with Crippen molar-refractivity contribution in [3.8, 4) is 0 Å². The van der Waals surface area contributed by atoms with Gasteiger partial charge in [-0.1, -0.05) is 42.0 Å². The molecule has 4 rings (SSSR count). The number of anilines is 1. The minimum Gasteiger partial charge on any atom is -0.311 e. The zero-order valence-electron chi connectivity index (χ0n) is 17.2. The van der Waals surface area contributed by atoms with Crippen molar-refractivity contribution in [2.45, 2.75) is 39.9 Å². The lowest BCUT2D eigenvalue weighted by Gasteiger charge is -2.10. The molecular weight excluding hydrogens is 378 g/mol. The van der Waals surface area contributed by atoms with Crippen molar-refractivity contribution in [3.63, 3.8) is 0 Å². The summed E-state index contributed by atoms with van der Waals surface area (Å²) in [6.07, 6.45) is 1.87. The standard InChI is InChI=1S/C23H25N5O2/c1-3-26-19-9-4-5-10-20(19)27(23(26)30)14-12-22(29)25-21-11-13-24-28(21)16-18-8-6-7-17(2)15-18/h4-11,13,15H,3,12,14,16H2,1-2H3,(H,25,29). The Morgan fingerprint density at radius 2 is 1.80 bits per heavy atom. The summed E-state index contributed by atoms with van der Waals surface area (Å²) in [5, 5.41) is 7.25. The Hall–Kier alpha value is -3.61. The molecule has 0 unspecified atom stereocenters. The van der Waals surface area contributed by atoms with Gasteiger partial charge in [0.15, 0.2) is 0 Å². The van der Waals surface area contributed by atoms with Crippen molar-refractivity contribution in [1.82, 2.24) is 18.9 Å². The third-order valence-electron chi connectivity index (χ3n) is 5.20. The van der Waals surface area contributed by atoms with E-state index in [0.29, 0.717) is 25.5 Å². The highest BCUT2D eigenvalue weighted by Gasteiger charge is 2.14. The number of nitrogens with one attached hydrogen (secondary N) is 1. The first kappa shape index (κ1) is 19.7. The fourth-order valence-corrected chi connectivity index (χ4v) is 3.76. The maximum absolute atomic E-state index is 12.7. The molecular formula is C23H25N5O2. The average molecular weight is 403 g/mol. The normalized spacial score (nSPS) is 11.1. The van der Waals surface area contributed by atoms with Crippen LogP contribution in [0.3, 0.4) is 0 Å². The predicted octanol–water partition coefficient (Wildman–Crippen LogP) is 3.40. The molecule has 2 heterocycles. The lowest BCUT2D eigenvalue weighted by Crippen LogP contribution is -2.26. The number of rotatable bonds is 7. The smallest absolute Gasteiger partial charge is 0.311 e. The molecule has 0 fully saturated rings. The summed E-state index contributed by atoms with van der Waals surface area (Å²) in [4.78, 5) is 25.3. The van der Waals surface area contributed by atoms with Crippen LogP contribution in [0.2, 0.25) is 0 Å². The van der Waals surface area contributed by atoms with Crippen molar-refractivity contribution in [2.75, 3.05) is 5.32 Å². The molecule has 0 bridgehead atoms. The number of carbonyl (C=O) groups is 1. The highest BCUT2D eigenvalue weighted by Crippen LogP contribution is 2.14. The molecule has 1 amide bonds. The van der Waals surface area contributed by atoms with E-state index in [-0.39, 0.29) is 18.0 Å². The van der Waals surface area contributed by atoms with Gasteiger partial charge in [0.05, 0.1) is 23.8 Å². The van der Waals surface area contributed by atoms with Gasteiger partial charge < -0.3 is 5.32 Å². The number of hydrogen-bond acceptors (Lipinski definition) is 3. The van der Waals surface area contributed by atoms with Gasteiger partial charge in [0.2, 0.25) is 5.91 Å². The third-order valence-corrected chi connectivity index (χ3v) is 5.20. The van der Waals surface area contributed by atoms with Gasteiger partial charge in [0, 0.05) is 25.6 Å². The number of nitrogens with zero attached hydrogens (tertiary/aromatic N) is 4. The van der Waals surface area contributed by atoms with Crippen LogP contribution in [0, 0.1) is 6.92 Å². The number of fused-ring (bicyclic) bond motifs is 1. The molecule has 2 aromatic carbocycles. The summed E-state index contributed by atoms with van der Waals surface area (Å²) >= 11 is 0. The highest BCUT2D eigenvalue weighted by atomic mass is 16.2. The Morgan fingerprint density at radius 1 is 1.03 bits per heavy atom. The van der Waals surface area contributed by atoms with E-state index < -0.39 is 0 Å². The molecule has 7 heteroatoms. The van der Waals surface area contributed by atoms with E-state index in [1.807, 2.05) is 56.3 Å². The summed E-state index contributed by atoms with van der Waals surface area (Å²) in [6, 6.07) is 17.6. The van der Waals surface area contributed by atoms with E-state index in [9.17, 15) is 9.59 Å². The van der Waals surface area contributed by atoms with Gasteiger partial charge in [0.1, 0.15) is 5.82 Å². The first-order chi connectivity index (χ1) is 14.6. The van der Waals surface area contributed by atoms with E-state index in [1.165, 1.54) is 5.56 Å². The maximum Gasteiger partial charge on any atom is 0.329 e. The van der Waals surface area contributed by atoms with Crippen molar-refractivity contribution < 1.29 is 4.79 Å². The monoisotopic (exact) mass is 403 g/mol. The molecule has 0 atom stereocenters. The number of aromatic nitrogens is 4. The highest BCUT2D eigenvalue weighted by molar-refractivity contribution is 5.90. The summed E-state index contributed by atoms with van der Waals surface area (Å²) in [7, 11) is 0. The first-order valence-electron chi connectivity index (χ1n) is 10.1. The Bertz CT molecular complexity index is 1250. The van der Waals surface area contributed by atoms with Gasteiger partial charge in [-0.2, -0.15) is 5.10 Å². The van der Waals surface area contributed by atoms with E-state index in [0.717, 1.165) is 16.6 Å². The van der Waals surface area contributed by atoms with Gasteiger partial charge in [-0.3, -0.25) is 13.9 Å². The molecule has 7 nitrogen and oxygen atoms in total. The summed E-state index contributed by atoms with van der Waals surface area (Å²) in [5.41, 5.74) is 3.95. The average Bonchev–Trinajstić information content (AvgIpc) is 3.27. The molecule has 0 radical (unpaired) electrons. The van der Waals surface area contributed by atoms with Gasteiger partial charge >= 0.3 is 5.69 Å². The van der Waals surface area contributed by atoms with Crippen LogP contribution in [0.25, 0.3) is 11.0 Å². The van der Waals surface area contributed by atoms with Crippen LogP contribution in [0.15, 0.2) is 65.6 Å². The number of hydrogen-bond donors (Lipinski definition) is 1. The number of para-hydroxylation sites is 2. The Labute approximate surface area is 174 Å². The van der Waals surface area contributed by atoms with Gasteiger partial charge in [-0.15, -0.1) is 0 Å². The molecule has 0 saturated heterocycles. The van der Waals surface area contributed by atoms with Crippen LogP contribution in [-0.2, 0) is 24.4 Å². The summed E-state index contributed by atoms with van der Waals surface area (Å²) in [6.45, 7) is 5.49. The first-order valence-corrected chi connectivity index (χ1v) is 10.1. The van der Waals surface area contributed by atoms with E-state index in [4.69, 9.17) is 0 Å². The van der Waals surface area contributed by atoms with Gasteiger partial charge in [0.25, 0.3) is 0 Å². The lowest BCUT2D eigenvalue weighted by molar-refractivity contribution is -0.116. The van der Waals surface area contributed by atoms with Crippen LogP contribution in [-0.4, -0.2) is 24.8 Å². The fourth-order valence-electron chi connectivity index (χ4n) is 3.76. The number of amides is 1. The number of carbonyl (C=O) groups excluding carboxylic acids is 1. The molecule has 0 aliphatic heterocycles. The molecule has 2 aromatic heterocycles. The minimum atomic E-state index is -0.152. The van der Waals surface area contributed by atoms with Gasteiger partial charge in [-0.05, 0) is 31.5 Å². The maximum atomic E-state index is 12.7. The van der Waals surface area contributed by atoms with Crippen LogP contribution in [0.1, 0.15) is 24.5 Å². The molecule has 4 aromatic rings. The van der Waals surface area contributed by atoms with E-state index in [1.54, 1.807) is 26.1 Å². The van der Waals surface area contributed by atoms with Crippen LogP contribution in [0.4, 0.5) is 5.82 Å². The second-order valence-electron chi connectivity index (χ2n) is 7.33. The third kappa shape index (κ3) is 3.91. The second kappa shape index (κ2) is 8.41. The zero-order chi connectivity index (χ0) is 21.1. The molecule has 0 aliphatic carbocycles. The van der Waals surface area contributed by atoms with Crippen molar-refractivity contribution >= 4 is 22.8 Å². The minimum absolute atomic E-state index is 0.0870. The Balaban J connectivity index is 1.46. The van der Waals surface area contributed by atoms with Crippen LogP contribution in [0.5, 0.6) is 0 Å². The predicted molar refractivity (Wildman–Crippen MR) is 118 cm³/mol. The number of imidazole rings is 1. The van der Waals surface area contributed by atoms with Crippen molar-refractivity contribution in [2.24, 2.45) is 0 Å². The van der Waals surface area contributed by atoms with Crippen molar-refractivity contribution in [3.05, 3.63) is 82.4 Å². The molecule has 0 saturated carbocycles.